The van der Waals surface area contributed by atoms with Gasteiger partial charge in [0.2, 0.25) is 0 Å². The summed E-state index contributed by atoms with van der Waals surface area (Å²) in [5.74, 6) is 0.721. The molecule has 32 heavy (non-hydrogen) atoms. The van der Waals surface area contributed by atoms with Crippen molar-refractivity contribution in [3.05, 3.63) is 72.3 Å². The van der Waals surface area contributed by atoms with Gasteiger partial charge in [-0.05, 0) is 42.8 Å². The number of benzene rings is 3. The second-order valence-corrected chi connectivity index (χ2v) is 9.59. The average molecular weight is 456 g/mol. The first-order valence-electron chi connectivity index (χ1n) is 10.1. The van der Waals surface area contributed by atoms with E-state index in [2.05, 4.69) is 16.4 Å². The standard InChI is InChI=1S/C23H25N3O5S/c1-23(27,16-7-9-17(10-8-16)26(28)32(2,29)30)24-13-14-31-18-11-12-20-19-5-3-4-6-21(19)25-22(20)15-18/h3-12,15,24-25,27-28H,13-14H2,1-2H3. The van der Waals surface area contributed by atoms with E-state index in [1.54, 1.807) is 19.1 Å². The van der Waals surface area contributed by atoms with Crippen LogP contribution in [0.2, 0.25) is 0 Å². The van der Waals surface area contributed by atoms with Crippen molar-refractivity contribution in [1.82, 2.24) is 10.3 Å². The van der Waals surface area contributed by atoms with Crippen molar-refractivity contribution in [2.45, 2.75) is 12.6 Å². The summed E-state index contributed by atoms with van der Waals surface area (Å²) < 4.78 is 28.9. The number of sulfonamides is 1. The van der Waals surface area contributed by atoms with Crippen molar-refractivity contribution in [2.24, 2.45) is 0 Å². The highest BCUT2D eigenvalue weighted by Crippen LogP contribution is 2.28. The fourth-order valence-electron chi connectivity index (χ4n) is 3.59. The maximum atomic E-state index is 11.4. The Balaban J connectivity index is 1.36. The molecular formula is C23H25N3O5S. The average Bonchev–Trinajstić information content (AvgIpc) is 3.13. The van der Waals surface area contributed by atoms with E-state index in [1.807, 2.05) is 36.4 Å². The van der Waals surface area contributed by atoms with Gasteiger partial charge in [0, 0.05) is 28.9 Å². The lowest BCUT2D eigenvalue weighted by atomic mass is 10.0. The second-order valence-electron chi connectivity index (χ2n) is 7.78. The van der Waals surface area contributed by atoms with E-state index in [0.717, 1.165) is 28.4 Å². The van der Waals surface area contributed by atoms with E-state index >= 15 is 0 Å². The molecule has 0 bridgehead atoms. The molecule has 168 valence electrons. The highest BCUT2D eigenvalue weighted by atomic mass is 32.2. The Kier molecular flexibility index (Phi) is 5.83. The van der Waals surface area contributed by atoms with E-state index < -0.39 is 15.7 Å². The highest BCUT2D eigenvalue weighted by molar-refractivity contribution is 7.91. The predicted molar refractivity (Wildman–Crippen MR) is 124 cm³/mol. The van der Waals surface area contributed by atoms with E-state index in [1.165, 1.54) is 17.5 Å². The molecule has 0 aliphatic heterocycles. The maximum absolute atomic E-state index is 11.4. The molecule has 1 atom stereocenters. The normalized spacial score (nSPS) is 13.9. The molecule has 1 aromatic heterocycles. The van der Waals surface area contributed by atoms with Gasteiger partial charge in [0.1, 0.15) is 18.1 Å². The lowest BCUT2D eigenvalue weighted by Gasteiger charge is -2.26. The molecule has 4 N–H and O–H groups in total. The zero-order chi connectivity index (χ0) is 22.9. The van der Waals surface area contributed by atoms with Crippen LogP contribution in [0.25, 0.3) is 21.8 Å². The molecule has 0 spiro atoms. The van der Waals surface area contributed by atoms with Gasteiger partial charge in [-0.3, -0.25) is 10.5 Å². The van der Waals surface area contributed by atoms with E-state index in [-0.39, 0.29) is 10.2 Å². The number of anilines is 1. The Labute approximate surface area is 186 Å². The fraction of sp³-hybridized carbons (Fsp3) is 0.217. The van der Waals surface area contributed by atoms with Crippen LogP contribution in [0.4, 0.5) is 5.69 Å². The molecule has 0 saturated heterocycles. The fourth-order valence-corrected chi connectivity index (χ4v) is 4.10. The highest BCUT2D eigenvalue weighted by Gasteiger charge is 2.23. The van der Waals surface area contributed by atoms with E-state index in [0.29, 0.717) is 18.7 Å². The van der Waals surface area contributed by atoms with Gasteiger partial charge in [0.05, 0.1) is 17.5 Å². The number of nitrogens with zero attached hydrogens (tertiary/aromatic N) is 1. The number of aromatic nitrogens is 1. The first-order chi connectivity index (χ1) is 15.1. The molecule has 0 amide bonds. The topological polar surface area (TPSA) is 115 Å². The number of aromatic amines is 1. The van der Waals surface area contributed by atoms with Gasteiger partial charge in [-0.15, -0.1) is 4.47 Å². The number of hydrogen-bond acceptors (Lipinski definition) is 6. The summed E-state index contributed by atoms with van der Waals surface area (Å²) in [5.41, 5.74) is 1.31. The van der Waals surface area contributed by atoms with Crippen LogP contribution in [-0.2, 0) is 15.7 Å². The van der Waals surface area contributed by atoms with Gasteiger partial charge in [-0.25, -0.2) is 8.42 Å². The van der Waals surface area contributed by atoms with Crippen molar-refractivity contribution >= 4 is 37.5 Å². The molecule has 3 aromatic carbocycles. The summed E-state index contributed by atoms with van der Waals surface area (Å²) in [6, 6.07) is 19.9. The zero-order valence-electron chi connectivity index (χ0n) is 17.7. The lowest BCUT2D eigenvalue weighted by Crippen LogP contribution is -2.41. The summed E-state index contributed by atoms with van der Waals surface area (Å²) in [6.45, 7) is 2.29. The summed E-state index contributed by atoms with van der Waals surface area (Å²) in [6.07, 6.45) is 0.897. The third-order valence-corrected chi connectivity index (χ3v) is 6.12. The molecule has 1 unspecified atom stereocenters. The monoisotopic (exact) mass is 455 g/mol. The first-order valence-corrected chi connectivity index (χ1v) is 11.9. The molecule has 4 aromatic rings. The maximum Gasteiger partial charge on any atom is 0.254 e. The van der Waals surface area contributed by atoms with Crippen LogP contribution < -0.4 is 14.5 Å². The Hall–Kier alpha value is -3.11. The third kappa shape index (κ3) is 4.56. The molecule has 8 nitrogen and oxygen atoms in total. The SMILES string of the molecule is CC(O)(NCCOc1ccc2c(c1)[nH]c1ccccc12)c1ccc(N(O)S(C)(=O)=O)cc1. The van der Waals surface area contributed by atoms with Crippen molar-refractivity contribution in [3.63, 3.8) is 0 Å². The van der Waals surface area contributed by atoms with Crippen LogP contribution >= 0.6 is 0 Å². The quantitative estimate of drug-likeness (QED) is 0.184. The van der Waals surface area contributed by atoms with Gasteiger partial charge in [0.15, 0.2) is 0 Å². The van der Waals surface area contributed by atoms with Gasteiger partial charge in [-0.2, -0.15) is 0 Å². The number of H-pyrrole nitrogens is 1. The number of rotatable bonds is 8. The van der Waals surface area contributed by atoms with Gasteiger partial charge >= 0.3 is 0 Å². The minimum Gasteiger partial charge on any atom is -0.492 e. The Bertz CT molecular complexity index is 1350. The largest absolute Gasteiger partial charge is 0.492 e. The van der Waals surface area contributed by atoms with Crippen molar-refractivity contribution < 1.29 is 23.5 Å². The summed E-state index contributed by atoms with van der Waals surface area (Å²) in [4.78, 5) is 3.38. The molecule has 4 rings (SSSR count). The molecule has 0 fully saturated rings. The summed E-state index contributed by atoms with van der Waals surface area (Å²) >= 11 is 0. The minimum absolute atomic E-state index is 0.0859. The van der Waals surface area contributed by atoms with Crippen LogP contribution in [-0.4, -0.2) is 43.1 Å². The Morgan fingerprint density at radius 3 is 2.44 bits per heavy atom. The van der Waals surface area contributed by atoms with Crippen LogP contribution in [0, 0.1) is 0 Å². The Morgan fingerprint density at radius 2 is 1.72 bits per heavy atom. The Morgan fingerprint density at radius 1 is 1.03 bits per heavy atom. The van der Waals surface area contributed by atoms with Gasteiger partial charge in [0.25, 0.3) is 10.0 Å². The second kappa shape index (κ2) is 8.44. The molecule has 0 saturated carbocycles. The predicted octanol–water partition coefficient (Wildman–Crippen LogP) is 3.31. The number of ether oxygens (including phenoxy) is 1. The molecule has 1 heterocycles. The van der Waals surface area contributed by atoms with E-state index in [9.17, 15) is 18.7 Å². The number of para-hydroxylation sites is 1. The molecule has 0 aliphatic carbocycles. The van der Waals surface area contributed by atoms with Gasteiger partial charge < -0.3 is 14.8 Å². The van der Waals surface area contributed by atoms with Crippen molar-refractivity contribution in [2.75, 3.05) is 23.9 Å². The van der Waals surface area contributed by atoms with Crippen molar-refractivity contribution in [1.29, 1.82) is 0 Å². The number of nitrogens with one attached hydrogen (secondary N) is 2. The number of aliphatic hydroxyl groups is 1. The van der Waals surface area contributed by atoms with Crippen LogP contribution in [0.3, 0.4) is 0 Å². The third-order valence-electron chi connectivity index (χ3n) is 5.28. The zero-order valence-corrected chi connectivity index (χ0v) is 18.6. The molecular weight excluding hydrogens is 430 g/mol. The number of hydrogen-bond donors (Lipinski definition) is 4. The van der Waals surface area contributed by atoms with E-state index in [4.69, 9.17) is 4.74 Å². The van der Waals surface area contributed by atoms with Crippen LogP contribution in [0.1, 0.15) is 12.5 Å². The van der Waals surface area contributed by atoms with Crippen LogP contribution in [0.5, 0.6) is 5.75 Å². The van der Waals surface area contributed by atoms with Crippen molar-refractivity contribution in [3.8, 4) is 5.75 Å². The molecule has 0 radical (unpaired) electrons. The first kappa shape index (κ1) is 22.1. The minimum atomic E-state index is -3.78. The number of fused-ring (bicyclic) bond motifs is 3. The molecule has 0 aliphatic rings. The van der Waals surface area contributed by atoms with Gasteiger partial charge in [-0.1, -0.05) is 30.3 Å². The summed E-state index contributed by atoms with van der Waals surface area (Å²) in [7, 11) is -3.78. The smallest absolute Gasteiger partial charge is 0.254 e. The lowest BCUT2D eigenvalue weighted by molar-refractivity contribution is 0.0169. The molecule has 9 heteroatoms. The summed E-state index contributed by atoms with van der Waals surface area (Å²) in [5, 5.41) is 25.7. The van der Waals surface area contributed by atoms with Crippen LogP contribution in [0.15, 0.2) is 66.7 Å².